The lowest BCUT2D eigenvalue weighted by atomic mass is 9.90. The second-order valence-electron chi connectivity index (χ2n) is 10.9. The van der Waals surface area contributed by atoms with Gasteiger partial charge in [0.05, 0.1) is 7.11 Å². The lowest BCUT2D eigenvalue weighted by Crippen LogP contribution is -2.43. The van der Waals surface area contributed by atoms with E-state index >= 15 is 4.39 Å². The first-order valence-corrected chi connectivity index (χ1v) is 14.4. The van der Waals surface area contributed by atoms with Crippen LogP contribution in [0.3, 0.4) is 0 Å². The fourth-order valence-corrected chi connectivity index (χ4v) is 5.34. The number of ether oxygens (including phenoxy) is 1. The fraction of sp³-hybridized carbons (Fsp3) is 0.212. The van der Waals surface area contributed by atoms with Crippen molar-refractivity contribution in [3.05, 3.63) is 130 Å². The van der Waals surface area contributed by atoms with Gasteiger partial charge in [-0.25, -0.2) is 18.7 Å². The molecule has 0 fully saturated rings. The number of rotatable bonds is 9. The van der Waals surface area contributed by atoms with Crippen LogP contribution in [0.2, 0.25) is 0 Å². The van der Waals surface area contributed by atoms with Crippen LogP contribution in [-0.4, -0.2) is 37.3 Å². The van der Waals surface area contributed by atoms with Gasteiger partial charge in [0, 0.05) is 50.2 Å². The van der Waals surface area contributed by atoms with Gasteiger partial charge < -0.3 is 20.4 Å². The smallest absolute Gasteiger partial charge is 0.346 e. The van der Waals surface area contributed by atoms with Crippen molar-refractivity contribution in [3.63, 3.8) is 0 Å². The molecule has 0 aliphatic carbocycles. The molecule has 14 heteroatoms. The van der Waals surface area contributed by atoms with Crippen LogP contribution in [0.4, 0.5) is 10.1 Å². The molecule has 1 amide bonds. The van der Waals surface area contributed by atoms with Crippen LogP contribution in [-0.2, 0) is 27.2 Å². The Morgan fingerprint density at radius 3 is 2.34 bits per heavy atom. The van der Waals surface area contributed by atoms with E-state index in [1.54, 1.807) is 18.2 Å². The fourth-order valence-electron chi connectivity index (χ4n) is 5.34. The second-order valence-corrected chi connectivity index (χ2v) is 10.9. The lowest BCUT2D eigenvalue weighted by molar-refractivity contribution is 0.101. The number of halogens is 1. The molecule has 5 rings (SSSR count). The van der Waals surface area contributed by atoms with Gasteiger partial charge in [-0.05, 0) is 65.4 Å². The van der Waals surface area contributed by atoms with Gasteiger partial charge in [0.25, 0.3) is 17.0 Å². The summed E-state index contributed by atoms with van der Waals surface area (Å²) < 4.78 is 22.8. The van der Waals surface area contributed by atoms with Crippen molar-refractivity contribution in [1.82, 2.24) is 29.6 Å². The van der Waals surface area contributed by atoms with E-state index in [0.717, 1.165) is 31.5 Å². The average molecular weight is 642 g/mol. The van der Waals surface area contributed by atoms with Gasteiger partial charge in [-0.15, -0.1) is 0 Å². The van der Waals surface area contributed by atoms with E-state index in [1.807, 2.05) is 38.1 Å². The van der Waals surface area contributed by atoms with Crippen molar-refractivity contribution in [3.8, 4) is 28.0 Å². The molecule has 4 N–H and O–H groups in total. The number of aromatic nitrogens is 5. The van der Waals surface area contributed by atoms with Gasteiger partial charge in [0.1, 0.15) is 11.6 Å². The second kappa shape index (κ2) is 13.2. The molecule has 0 aliphatic rings. The summed E-state index contributed by atoms with van der Waals surface area (Å²) in [6.45, 7) is 3.89. The molecular formula is C33H32FN7O6. The van der Waals surface area contributed by atoms with Crippen LogP contribution in [0.15, 0.2) is 73.9 Å². The molecule has 13 nitrogen and oxygen atoms in total. The number of hydrogen-bond acceptors (Lipinski definition) is 8. The summed E-state index contributed by atoms with van der Waals surface area (Å²) in [5.41, 5.74) is 2.52. The number of nitrogens with zero attached hydrogens (tertiary/aromatic N) is 3. The standard InChI is InChI=1S/C33H32FN7O6/c1-17-21(19-12-25(34)24(27(13-19)47-5)16-35-14-20-15-36-32(45)38-29(20)42)8-6-9-22(17)23-10-7-11-26(18(23)2)37-30(43)28-31(44)40(3)33(46)41(4)39-28/h6-13,15,35H,14,16H2,1-5H3,(H,37,43)(H2,36,38,42,45). The number of methoxy groups -OCH3 is 1. The first-order chi connectivity index (χ1) is 22.4. The van der Waals surface area contributed by atoms with Gasteiger partial charge in [0.2, 0.25) is 5.69 Å². The maximum atomic E-state index is 15.6. The monoisotopic (exact) mass is 641 g/mol. The number of nitrogens with one attached hydrogen (secondary N) is 4. The van der Waals surface area contributed by atoms with Gasteiger partial charge in [-0.3, -0.25) is 23.9 Å². The van der Waals surface area contributed by atoms with Gasteiger partial charge in [-0.2, -0.15) is 5.10 Å². The molecule has 0 saturated heterocycles. The van der Waals surface area contributed by atoms with Crippen molar-refractivity contribution in [1.29, 1.82) is 0 Å². The minimum absolute atomic E-state index is 0.0610. The van der Waals surface area contributed by atoms with Crippen LogP contribution in [0.25, 0.3) is 22.3 Å². The number of carbonyl (C=O) groups excluding carboxylic acids is 1. The first kappa shape index (κ1) is 32.5. The lowest BCUT2D eigenvalue weighted by Gasteiger charge is -2.18. The van der Waals surface area contributed by atoms with E-state index in [9.17, 15) is 24.0 Å². The molecule has 0 spiro atoms. The average Bonchev–Trinajstić information content (AvgIpc) is 3.04. The van der Waals surface area contributed by atoms with E-state index < -0.39 is 39.9 Å². The maximum Gasteiger partial charge on any atom is 0.346 e. The molecule has 0 aliphatic heterocycles. The number of hydrogen-bond donors (Lipinski definition) is 4. The summed E-state index contributed by atoms with van der Waals surface area (Å²) in [4.78, 5) is 65.4. The molecule has 5 aromatic rings. The maximum absolute atomic E-state index is 15.6. The molecule has 3 aromatic carbocycles. The van der Waals surface area contributed by atoms with Gasteiger partial charge >= 0.3 is 11.4 Å². The Balaban J connectivity index is 1.43. The van der Waals surface area contributed by atoms with Crippen molar-refractivity contribution in [2.45, 2.75) is 26.9 Å². The number of aryl methyl sites for hydroxylation is 1. The van der Waals surface area contributed by atoms with Crippen molar-refractivity contribution < 1.29 is 13.9 Å². The molecule has 0 unspecified atom stereocenters. The molecular weight excluding hydrogens is 609 g/mol. The predicted molar refractivity (Wildman–Crippen MR) is 174 cm³/mol. The molecule has 2 heterocycles. The minimum Gasteiger partial charge on any atom is -0.496 e. The van der Waals surface area contributed by atoms with E-state index in [0.29, 0.717) is 28.1 Å². The van der Waals surface area contributed by atoms with E-state index in [1.165, 1.54) is 33.5 Å². The van der Waals surface area contributed by atoms with Crippen LogP contribution in [0, 0.1) is 19.7 Å². The predicted octanol–water partition coefficient (Wildman–Crippen LogP) is 2.50. The summed E-state index contributed by atoms with van der Waals surface area (Å²) in [6.07, 6.45) is 1.30. The van der Waals surface area contributed by atoms with E-state index in [2.05, 4.69) is 25.7 Å². The number of benzene rings is 3. The van der Waals surface area contributed by atoms with E-state index in [-0.39, 0.29) is 18.7 Å². The number of anilines is 1. The highest BCUT2D eigenvalue weighted by Gasteiger charge is 2.20. The van der Waals surface area contributed by atoms with Gasteiger partial charge in [-0.1, -0.05) is 30.3 Å². The largest absolute Gasteiger partial charge is 0.496 e. The number of carbonyl (C=O) groups is 1. The Kier molecular flexibility index (Phi) is 9.15. The molecule has 0 radical (unpaired) electrons. The third-order valence-electron chi connectivity index (χ3n) is 7.94. The summed E-state index contributed by atoms with van der Waals surface area (Å²) in [5.74, 6) is -0.951. The van der Waals surface area contributed by atoms with Crippen LogP contribution < -0.4 is 37.9 Å². The molecule has 47 heavy (non-hydrogen) atoms. The summed E-state index contributed by atoms with van der Waals surface area (Å²) in [6, 6.07) is 14.2. The Hall–Kier alpha value is -5.89. The molecule has 0 atom stereocenters. The van der Waals surface area contributed by atoms with E-state index in [4.69, 9.17) is 4.74 Å². The molecule has 0 saturated carbocycles. The quantitative estimate of drug-likeness (QED) is 0.190. The minimum atomic E-state index is -0.809. The third-order valence-corrected chi connectivity index (χ3v) is 7.94. The van der Waals surface area contributed by atoms with Crippen molar-refractivity contribution in [2.75, 3.05) is 12.4 Å². The highest BCUT2D eigenvalue weighted by molar-refractivity contribution is 6.03. The SMILES string of the molecule is COc1cc(-c2cccc(-c3cccc(NC(=O)c4nn(C)c(=O)n(C)c4=O)c3C)c2C)cc(F)c1CNCc1c[nH]c(=O)[nH]c1=O. The Morgan fingerprint density at radius 2 is 1.64 bits per heavy atom. The Bertz CT molecular complexity index is 2270. The zero-order valence-corrected chi connectivity index (χ0v) is 26.3. The zero-order chi connectivity index (χ0) is 34.0. The van der Waals surface area contributed by atoms with Crippen LogP contribution >= 0.6 is 0 Å². The Morgan fingerprint density at radius 1 is 0.957 bits per heavy atom. The molecule has 0 bridgehead atoms. The number of H-pyrrole nitrogens is 2. The summed E-state index contributed by atoms with van der Waals surface area (Å²) in [5, 5.41) is 9.60. The number of aromatic amines is 2. The molecule has 242 valence electrons. The highest BCUT2D eigenvalue weighted by Crippen LogP contribution is 2.37. The number of amides is 1. The van der Waals surface area contributed by atoms with Gasteiger partial charge in [0.15, 0.2) is 0 Å². The van der Waals surface area contributed by atoms with Crippen LogP contribution in [0.5, 0.6) is 5.75 Å². The van der Waals surface area contributed by atoms with Crippen molar-refractivity contribution in [2.24, 2.45) is 14.1 Å². The zero-order valence-electron chi connectivity index (χ0n) is 26.3. The molecule has 2 aromatic heterocycles. The van der Waals surface area contributed by atoms with Crippen molar-refractivity contribution >= 4 is 11.6 Å². The summed E-state index contributed by atoms with van der Waals surface area (Å²) >= 11 is 0. The third kappa shape index (κ3) is 6.44. The summed E-state index contributed by atoms with van der Waals surface area (Å²) in [7, 11) is 4.07. The Labute approximate surface area is 266 Å². The first-order valence-electron chi connectivity index (χ1n) is 14.4. The highest BCUT2D eigenvalue weighted by atomic mass is 19.1. The topological polar surface area (TPSA) is 173 Å². The normalized spacial score (nSPS) is 11.0. The van der Waals surface area contributed by atoms with Crippen LogP contribution in [0.1, 0.15) is 32.7 Å².